The molecule has 6 heteroatoms. The summed E-state index contributed by atoms with van der Waals surface area (Å²) in [6.45, 7) is 9.78. The van der Waals surface area contributed by atoms with Gasteiger partial charge in [-0.2, -0.15) is 5.10 Å². The van der Waals surface area contributed by atoms with Gasteiger partial charge in [0.1, 0.15) is 5.02 Å². The van der Waals surface area contributed by atoms with Crippen LogP contribution in [0.5, 0.6) is 0 Å². The minimum Gasteiger partial charge on any atom is -0.381 e. The van der Waals surface area contributed by atoms with Crippen molar-refractivity contribution in [3.8, 4) is 0 Å². The summed E-state index contributed by atoms with van der Waals surface area (Å²) in [6, 6.07) is 0.546. The molecule has 0 saturated carbocycles. The van der Waals surface area contributed by atoms with Crippen molar-refractivity contribution in [3.63, 3.8) is 0 Å². The van der Waals surface area contributed by atoms with E-state index in [4.69, 9.17) is 11.6 Å². The predicted octanol–water partition coefficient (Wildman–Crippen LogP) is 2.62. The second kappa shape index (κ2) is 7.64. The van der Waals surface area contributed by atoms with Gasteiger partial charge in [-0.1, -0.05) is 18.5 Å². The summed E-state index contributed by atoms with van der Waals surface area (Å²) in [4.78, 5) is 14.3. The molecule has 0 spiro atoms. The summed E-state index contributed by atoms with van der Waals surface area (Å²) in [5.74, 6) is 0. The largest absolute Gasteiger partial charge is 0.381 e. The molecule has 1 heterocycles. The van der Waals surface area contributed by atoms with E-state index in [0.717, 1.165) is 19.5 Å². The molecule has 0 aliphatic rings. The van der Waals surface area contributed by atoms with E-state index in [0.29, 0.717) is 11.7 Å². The molecule has 1 N–H and O–H groups in total. The van der Waals surface area contributed by atoms with Crippen LogP contribution in [-0.4, -0.2) is 40.9 Å². The van der Waals surface area contributed by atoms with Crippen molar-refractivity contribution in [2.24, 2.45) is 0 Å². The van der Waals surface area contributed by atoms with E-state index in [1.165, 1.54) is 4.68 Å². The number of hydrogen-bond acceptors (Lipinski definition) is 4. The van der Waals surface area contributed by atoms with Gasteiger partial charge in [0.15, 0.2) is 0 Å². The number of anilines is 1. The SMILES string of the molecule is CCC(C)N(C)CCNc1cnn(C(C)C)c(=O)c1Cl. The molecule has 0 aromatic carbocycles. The van der Waals surface area contributed by atoms with E-state index in [1.54, 1.807) is 6.20 Å². The minimum absolute atomic E-state index is 0.00517. The van der Waals surface area contributed by atoms with Crippen LogP contribution >= 0.6 is 11.6 Å². The van der Waals surface area contributed by atoms with E-state index in [-0.39, 0.29) is 16.6 Å². The van der Waals surface area contributed by atoms with Crippen molar-refractivity contribution in [1.82, 2.24) is 14.7 Å². The fraction of sp³-hybridized carbons (Fsp3) is 0.714. The highest BCUT2D eigenvalue weighted by Gasteiger charge is 2.11. The van der Waals surface area contributed by atoms with Gasteiger partial charge in [-0.25, -0.2) is 4.68 Å². The third kappa shape index (κ3) is 4.21. The number of nitrogens with one attached hydrogen (secondary N) is 1. The van der Waals surface area contributed by atoms with Crippen LogP contribution in [-0.2, 0) is 0 Å². The first-order chi connectivity index (χ1) is 9.38. The van der Waals surface area contributed by atoms with Crippen LogP contribution < -0.4 is 10.9 Å². The van der Waals surface area contributed by atoms with Crippen LogP contribution in [0, 0.1) is 0 Å². The number of nitrogens with zero attached hydrogens (tertiary/aromatic N) is 3. The first-order valence-corrected chi connectivity index (χ1v) is 7.47. The molecule has 0 amide bonds. The number of aromatic nitrogens is 2. The fourth-order valence-electron chi connectivity index (χ4n) is 1.83. The lowest BCUT2D eigenvalue weighted by Crippen LogP contribution is -2.33. The Balaban J connectivity index is 2.66. The maximum atomic E-state index is 12.0. The van der Waals surface area contributed by atoms with Crippen LogP contribution in [0.15, 0.2) is 11.0 Å². The van der Waals surface area contributed by atoms with E-state index < -0.39 is 0 Å². The Morgan fingerprint density at radius 1 is 1.45 bits per heavy atom. The average molecular weight is 301 g/mol. The minimum atomic E-state index is -0.248. The smallest absolute Gasteiger partial charge is 0.287 e. The maximum Gasteiger partial charge on any atom is 0.287 e. The Morgan fingerprint density at radius 3 is 2.65 bits per heavy atom. The molecular formula is C14H25ClN4O. The Hall–Kier alpha value is -1.07. The highest BCUT2D eigenvalue weighted by atomic mass is 35.5. The zero-order chi connectivity index (χ0) is 15.3. The van der Waals surface area contributed by atoms with E-state index in [9.17, 15) is 4.79 Å². The summed E-state index contributed by atoms with van der Waals surface area (Å²) in [7, 11) is 2.09. The number of likely N-dealkylation sites (N-methyl/N-ethyl adjacent to an activating group) is 1. The monoisotopic (exact) mass is 300 g/mol. The van der Waals surface area contributed by atoms with Gasteiger partial charge in [-0.15, -0.1) is 0 Å². The van der Waals surface area contributed by atoms with Crippen LogP contribution in [0.25, 0.3) is 0 Å². The molecule has 1 atom stereocenters. The number of halogens is 1. The van der Waals surface area contributed by atoms with Gasteiger partial charge in [0.2, 0.25) is 0 Å². The lowest BCUT2D eigenvalue weighted by atomic mass is 10.2. The lowest BCUT2D eigenvalue weighted by Gasteiger charge is -2.23. The molecule has 0 fully saturated rings. The van der Waals surface area contributed by atoms with Gasteiger partial charge < -0.3 is 10.2 Å². The molecule has 0 saturated heterocycles. The van der Waals surface area contributed by atoms with E-state index in [2.05, 4.69) is 36.2 Å². The highest BCUT2D eigenvalue weighted by molar-refractivity contribution is 6.32. The van der Waals surface area contributed by atoms with Crippen molar-refractivity contribution in [1.29, 1.82) is 0 Å². The molecule has 0 aliphatic heterocycles. The molecule has 20 heavy (non-hydrogen) atoms. The van der Waals surface area contributed by atoms with Crippen molar-refractivity contribution in [2.75, 3.05) is 25.5 Å². The zero-order valence-corrected chi connectivity index (χ0v) is 13.7. The molecular weight excluding hydrogens is 276 g/mol. The van der Waals surface area contributed by atoms with Crippen molar-refractivity contribution in [3.05, 3.63) is 21.6 Å². The van der Waals surface area contributed by atoms with Gasteiger partial charge >= 0.3 is 0 Å². The van der Waals surface area contributed by atoms with Crippen molar-refractivity contribution < 1.29 is 0 Å². The predicted molar refractivity (Wildman–Crippen MR) is 84.8 cm³/mol. The van der Waals surface area contributed by atoms with Crippen molar-refractivity contribution in [2.45, 2.75) is 46.2 Å². The quantitative estimate of drug-likeness (QED) is 0.841. The molecule has 0 aliphatic carbocycles. The standard InChI is InChI=1S/C14H25ClN4O/c1-6-11(4)18(5)8-7-16-12-9-17-19(10(2)3)14(20)13(12)15/h9-11,16H,6-8H2,1-5H3. The molecule has 1 aromatic rings. The van der Waals surface area contributed by atoms with Crippen molar-refractivity contribution >= 4 is 17.3 Å². The highest BCUT2D eigenvalue weighted by Crippen LogP contribution is 2.16. The van der Waals surface area contributed by atoms with Crippen LogP contribution in [0.3, 0.4) is 0 Å². The first kappa shape index (κ1) is 17.0. The molecule has 1 unspecified atom stereocenters. The Morgan fingerprint density at radius 2 is 2.10 bits per heavy atom. The molecule has 5 nitrogen and oxygen atoms in total. The summed E-state index contributed by atoms with van der Waals surface area (Å²) >= 11 is 6.10. The Bertz CT molecular complexity index is 487. The summed E-state index contributed by atoms with van der Waals surface area (Å²) < 4.78 is 1.39. The van der Waals surface area contributed by atoms with Crippen LogP contribution in [0.4, 0.5) is 5.69 Å². The lowest BCUT2D eigenvalue weighted by molar-refractivity contribution is 0.261. The third-order valence-electron chi connectivity index (χ3n) is 3.56. The van der Waals surface area contributed by atoms with E-state index in [1.807, 2.05) is 13.8 Å². The maximum absolute atomic E-state index is 12.0. The van der Waals surface area contributed by atoms with E-state index >= 15 is 0 Å². The summed E-state index contributed by atoms with van der Waals surface area (Å²) in [5, 5.41) is 7.52. The third-order valence-corrected chi connectivity index (χ3v) is 3.92. The van der Waals surface area contributed by atoms with Gasteiger partial charge in [0.25, 0.3) is 5.56 Å². The molecule has 1 aromatic heterocycles. The van der Waals surface area contributed by atoms with Crippen LogP contribution in [0.2, 0.25) is 5.02 Å². The summed E-state index contributed by atoms with van der Waals surface area (Å²) in [5.41, 5.74) is 0.355. The second-order valence-electron chi connectivity index (χ2n) is 5.38. The Labute approximate surface area is 125 Å². The average Bonchev–Trinajstić information content (AvgIpc) is 2.42. The molecule has 1 rings (SSSR count). The topological polar surface area (TPSA) is 50.2 Å². The first-order valence-electron chi connectivity index (χ1n) is 7.09. The molecule has 0 bridgehead atoms. The number of rotatable bonds is 7. The second-order valence-corrected chi connectivity index (χ2v) is 5.76. The fourth-order valence-corrected chi connectivity index (χ4v) is 2.04. The zero-order valence-electron chi connectivity index (χ0n) is 13.0. The Kier molecular flexibility index (Phi) is 6.49. The normalized spacial score (nSPS) is 13.0. The van der Waals surface area contributed by atoms with Gasteiger partial charge in [0.05, 0.1) is 17.9 Å². The molecule has 114 valence electrons. The molecule has 0 radical (unpaired) electrons. The van der Waals surface area contributed by atoms with Gasteiger partial charge in [-0.3, -0.25) is 4.79 Å². The van der Waals surface area contributed by atoms with Crippen LogP contribution in [0.1, 0.15) is 40.2 Å². The van der Waals surface area contributed by atoms with Gasteiger partial charge in [-0.05, 0) is 34.2 Å². The number of hydrogen-bond donors (Lipinski definition) is 1. The van der Waals surface area contributed by atoms with Gasteiger partial charge in [0, 0.05) is 19.1 Å². The summed E-state index contributed by atoms with van der Waals surface area (Å²) in [6.07, 6.45) is 2.73.